The van der Waals surface area contributed by atoms with Gasteiger partial charge in [0.1, 0.15) is 11.4 Å². The Morgan fingerprint density at radius 2 is 1.83 bits per heavy atom. The third-order valence-corrected chi connectivity index (χ3v) is 7.20. The predicted octanol–water partition coefficient (Wildman–Crippen LogP) is 4.20. The topological polar surface area (TPSA) is 75.7 Å². The van der Waals surface area contributed by atoms with E-state index in [-0.39, 0.29) is 23.3 Å². The lowest BCUT2D eigenvalue weighted by atomic mass is 9.88. The number of ether oxygens (including phenoxy) is 1. The lowest BCUT2D eigenvalue weighted by molar-refractivity contribution is 0.0619. The molecule has 0 saturated heterocycles. The first kappa shape index (κ1) is 22.2. The van der Waals surface area contributed by atoms with Gasteiger partial charge in [-0.05, 0) is 65.0 Å². The first-order valence-corrected chi connectivity index (χ1v) is 11.9. The molecule has 1 heterocycles. The molecule has 0 aliphatic carbocycles. The van der Waals surface area contributed by atoms with Crippen molar-refractivity contribution in [1.29, 1.82) is 0 Å². The van der Waals surface area contributed by atoms with Gasteiger partial charge >= 0.3 is 0 Å². The van der Waals surface area contributed by atoms with Crippen LogP contribution in [0.1, 0.15) is 61.6 Å². The highest BCUT2D eigenvalue weighted by atomic mass is 32.2. The van der Waals surface area contributed by atoms with Crippen molar-refractivity contribution < 1.29 is 17.9 Å². The molecule has 0 aromatic heterocycles. The van der Waals surface area contributed by atoms with Crippen LogP contribution in [-0.2, 0) is 10.0 Å². The number of rotatable bonds is 6. The van der Waals surface area contributed by atoms with Crippen LogP contribution in [-0.4, -0.2) is 32.2 Å². The summed E-state index contributed by atoms with van der Waals surface area (Å²) in [7, 11) is -3.35. The molecule has 0 spiro atoms. The fourth-order valence-corrected chi connectivity index (χ4v) is 4.97. The van der Waals surface area contributed by atoms with Gasteiger partial charge in [-0.2, -0.15) is 0 Å². The van der Waals surface area contributed by atoms with Gasteiger partial charge in [0.2, 0.25) is 10.0 Å². The molecule has 0 fully saturated rings. The SMILES string of the molecule is CCN(c1ccc(C(=O)N[C@@H]2CC(C)(C)Oc3ccc(C)cc32)cc1)S(=O)(=O)CC. The van der Waals surface area contributed by atoms with Crippen LogP contribution < -0.4 is 14.4 Å². The molecule has 2 aromatic rings. The summed E-state index contributed by atoms with van der Waals surface area (Å²) in [5.74, 6) is 0.625. The summed E-state index contributed by atoms with van der Waals surface area (Å²) in [6.07, 6.45) is 0.658. The number of sulfonamides is 1. The van der Waals surface area contributed by atoms with Crippen molar-refractivity contribution in [3.05, 3.63) is 59.2 Å². The monoisotopic (exact) mass is 430 g/mol. The zero-order valence-corrected chi connectivity index (χ0v) is 19.0. The number of fused-ring (bicyclic) bond motifs is 1. The number of anilines is 1. The van der Waals surface area contributed by atoms with E-state index < -0.39 is 10.0 Å². The zero-order chi connectivity index (χ0) is 22.1. The Bertz CT molecular complexity index is 1030. The second-order valence-electron chi connectivity index (χ2n) is 8.25. The minimum Gasteiger partial charge on any atom is -0.487 e. The van der Waals surface area contributed by atoms with Crippen LogP contribution in [0.5, 0.6) is 5.75 Å². The minimum atomic E-state index is -3.35. The first-order chi connectivity index (χ1) is 14.1. The Morgan fingerprint density at radius 1 is 1.17 bits per heavy atom. The van der Waals surface area contributed by atoms with Crippen LogP contribution in [0.3, 0.4) is 0 Å². The average Bonchev–Trinajstić information content (AvgIpc) is 2.69. The van der Waals surface area contributed by atoms with Crippen molar-refractivity contribution in [2.45, 2.75) is 52.7 Å². The van der Waals surface area contributed by atoms with E-state index in [1.54, 1.807) is 38.1 Å². The maximum atomic E-state index is 12.9. The van der Waals surface area contributed by atoms with E-state index in [1.807, 2.05) is 39.0 Å². The van der Waals surface area contributed by atoms with Gasteiger partial charge in [-0.25, -0.2) is 8.42 Å². The van der Waals surface area contributed by atoms with Crippen molar-refractivity contribution in [3.63, 3.8) is 0 Å². The van der Waals surface area contributed by atoms with Gasteiger partial charge in [0.05, 0.1) is 17.5 Å². The van der Waals surface area contributed by atoms with E-state index in [0.717, 1.165) is 16.9 Å². The van der Waals surface area contributed by atoms with Crippen molar-refractivity contribution in [2.24, 2.45) is 0 Å². The van der Waals surface area contributed by atoms with Crippen LogP contribution in [0.4, 0.5) is 5.69 Å². The number of hydrogen-bond donors (Lipinski definition) is 1. The fraction of sp³-hybridized carbons (Fsp3) is 0.435. The van der Waals surface area contributed by atoms with Crippen LogP contribution in [0.25, 0.3) is 0 Å². The Kier molecular flexibility index (Phi) is 6.13. The quantitative estimate of drug-likeness (QED) is 0.745. The third-order valence-electron chi connectivity index (χ3n) is 5.33. The second kappa shape index (κ2) is 8.30. The van der Waals surface area contributed by atoms with Crippen LogP contribution >= 0.6 is 0 Å². The molecular formula is C23H30N2O4S. The smallest absolute Gasteiger partial charge is 0.251 e. The molecule has 0 saturated carbocycles. The molecular weight excluding hydrogens is 400 g/mol. The number of aryl methyl sites for hydroxylation is 1. The van der Waals surface area contributed by atoms with E-state index in [1.165, 1.54) is 4.31 Å². The first-order valence-electron chi connectivity index (χ1n) is 10.3. The maximum Gasteiger partial charge on any atom is 0.251 e. The minimum absolute atomic E-state index is 0.0292. The standard InChI is InChI=1S/C23H30N2O4S/c1-6-25(30(27,28)7-2)18-11-9-17(10-12-18)22(26)24-20-15-23(4,5)29-21-13-8-16(3)14-19(20)21/h8-14,20H,6-7,15H2,1-5H3,(H,24,26)/t20-/m1/s1. The number of amides is 1. The Labute approximate surface area is 179 Å². The number of nitrogens with one attached hydrogen (secondary N) is 1. The fourth-order valence-electron chi connectivity index (χ4n) is 3.82. The molecule has 162 valence electrons. The van der Waals surface area contributed by atoms with Crippen molar-refractivity contribution in [1.82, 2.24) is 5.32 Å². The molecule has 0 bridgehead atoms. The van der Waals surface area contributed by atoms with E-state index in [2.05, 4.69) is 5.32 Å². The van der Waals surface area contributed by atoms with E-state index in [9.17, 15) is 13.2 Å². The van der Waals surface area contributed by atoms with Gasteiger partial charge in [0.15, 0.2) is 0 Å². The molecule has 7 heteroatoms. The number of benzene rings is 2. The number of nitrogens with zero attached hydrogens (tertiary/aromatic N) is 1. The summed E-state index contributed by atoms with van der Waals surface area (Å²) in [5, 5.41) is 3.13. The summed E-state index contributed by atoms with van der Waals surface area (Å²) < 4.78 is 31.9. The van der Waals surface area contributed by atoms with Gasteiger partial charge in [0, 0.05) is 24.1 Å². The summed E-state index contributed by atoms with van der Waals surface area (Å²) in [6.45, 7) is 9.79. The molecule has 30 heavy (non-hydrogen) atoms. The van der Waals surface area contributed by atoms with Gasteiger partial charge in [-0.15, -0.1) is 0 Å². The lowest BCUT2D eigenvalue weighted by Gasteiger charge is -2.38. The van der Waals surface area contributed by atoms with E-state index in [0.29, 0.717) is 24.2 Å². The number of hydrogen-bond acceptors (Lipinski definition) is 4. The van der Waals surface area contributed by atoms with E-state index >= 15 is 0 Å². The third kappa shape index (κ3) is 4.61. The molecule has 1 aliphatic heterocycles. The van der Waals surface area contributed by atoms with Gasteiger partial charge in [-0.3, -0.25) is 9.10 Å². The van der Waals surface area contributed by atoms with Crippen LogP contribution in [0, 0.1) is 6.92 Å². The van der Waals surface area contributed by atoms with Gasteiger partial charge in [0.25, 0.3) is 5.91 Å². The molecule has 0 radical (unpaired) electrons. The van der Waals surface area contributed by atoms with Crippen LogP contribution in [0.15, 0.2) is 42.5 Å². The molecule has 1 amide bonds. The molecule has 1 aliphatic rings. The summed E-state index contributed by atoms with van der Waals surface area (Å²) in [5.41, 5.74) is 2.74. The van der Waals surface area contributed by atoms with Crippen molar-refractivity contribution in [3.8, 4) is 5.75 Å². The summed E-state index contributed by atoms with van der Waals surface area (Å²) >= 11 is 0. The highest BCUT2D eigenvalue weighted by Gasteiger charge is 2.34. The van der Waals surface area contributed by atoms with Crippen LogP contribution in [0.2, 0.25) is 0 Å². The number of carbonyl (C=O) groups is 1. The Hall–Kier alpha value is -2.54. The summed E-state index contributed by atoms with van der Waals surface area (Å²) in [4.78, 5) is 12.9. The normalized spacial score (nSPS) is 17.6. The molecule has 0 unspecified atom stereocenters. The highest BCUT2D eigenvalue weighted by molar-refractivity contribution is 7.92. The zero-order valence-electron chi connectivity index (χ0n) is 18.2. The van der Waals surface area contributed by atoms with Gasteiger partial charge in [-0.1, -0.05) is 17.7 Å². The Morgan fingerprint density at radius 3 is 2.43 bits per heavy atom. The molecule has 3 rings (SSSR count). The molecule has 2 aromatic carbocycles. The molecule has 6 nitrogen and oxygen atoms in total. The largest absolute Gasteiger partial charge is 0.487 e. The van der Waals surface area contributed by atoms with Gasteiger partial charge < -0.3 is 10.1 Å². The number of carbonyl (C=O) groups excluding carboxylic acids is 1. The average molecular weight is 431 g/mol. The van der Waals surface area contributed by atoms with E-state index in [4.69, 9.17) is 4.74 Å². The molecule has 1 atom stereocenters. The molecule has 1 N–H and O–H groups in total. The maximum absolute atomic E-state index is 12.9. The highest BCUT2D eigenvalue weighted by Crippen LogP contribution is 2.40. The van der Waals surface area contributed by atoms with Crippen molar-refractivity contribution in [2.75, 3.05) is 16.6 Å². The second-order valence-corrected chi connectivity index (χ2v) is 10.4. The predicted molar refractivity (Wildman–Crippen MR) is 120 cm³/mol. The van der Waals surface area contributed by atoms with Crippen molar-refractivity contribution >= 4 is 21.6 Å². The lowest BCUT2D eigenvalue weighted by Crippen LogP contribution is -2.41. The Balaban J connectivity index is 1.82. The summed E-state index contributed by atoms with van der Waals surface area (Å²) in [6, 6.07) is 12.5.